The second-order valence-electron chi connectivity index (χ2n) is 3.86. The fourth-order valence-electron chi connectivity index (χ4n) is 1.91. The van der Waals surface area contributed by atoms with Crippen LogP contribution in [0.15, 0.2) is 36.0 Å². The number of hydrogen-bond acceptors (Lipinski definition) is 5. The van der Waals surface area contributed by atoms with Crippen molar-refractivity contribution in [3.63, 3.8) is 0 Å². The number of allylic oxidation sites excluding steroid dienone is 4. The van der Waals surface area contributed by atoms with E-state index in [1.807, 2.05) is 0 Å². The summed E-state index contributed by atoms with van der Waals surface area (Å²) in [4.78, 5) is 10.9. The average molecular weight is 261 g/mol. The Morgan fingerprint density at radius 3 is 2.44 bits per heavy atom. The number of rotatable bonds is 2. The van der Waals surface area contributed by atoms with Gasteiger partial charge in [0.15, 0.2) is 0 Å². The summed E-state index contributed by atoms with van der Waals surface area (Å²) in [5.41, 5.74) is 13.3. The Balaban J connectivity index is 2.74. The van der Waals surface area contributed by atoms with Crippen molar-refractivity contribution in [2.75, 3.05) is 11.5 Å². The zero-order valence-electron chi connectivity index (χ0n) is 9.42. The van der Waals surface area contributed by atoms with Gasteiger partial charge in [-0.05, 0) is 12.1 Å². The van der Waals surface area contributed by atoms with Crippen LogP contribution in [0.5, 0.6) is 0 Å². The predicted molar refractivity (Wildman–Crippen MR) is 75.5 cm³/mol. The van der Waals surface area contributed by atoms with Crippen LogP contribution in [0.3, 0.4) is 0 Å². The lowest BCUT2D eigenvalue weighted by Crippen LogP contribution is -2.15. The minimum atomic E-state index is -0.479. The largest absolute Gasteiger partial charge is 0.398 e. The molecule has 0 radical (unpaired) electrons. The lowest BCUT2D eigenvalue weighted by atomic mass is 9.94. The molecule has 2 rings (SSSR count). The maximum absolute atomic E-state index is 11.1. The van der Waals surface area contributed by atoms with E-state index in [1.165, 1.54) is 0 Å². The standard InChI is InChI=1S/C12H11N3O2S/c13-8-4-2-5-9(14)11(8)7-3-1-6-10(18)12(7)15(16)17/h1-5H,6,13-14H2. The molecule has 1 aromatic rings. The monoisotopic (exact) mass is 261 g/mol. The van der Waals surface area contributed by atoms with Crippen molar-refractivity contribution < 1.29 is 4.92 Å². The van der Waals surface area contributed by atoms with E-state index in [-0.39, 0.29) is 5.70 Å². The molecule has 0 aromatic heterocycles. The van der Waals surface area contributed by atoms with Gasteiger partial charge in [-0.3, -0.25) is 10.1 Å². The molecule has 0 saturated carbocycles. The molecule has 0 saturated heterocycles. The van der Waals surface area contributed by atoms with Crippen molar-refractivity contribution in [3.8, 4) is 0 Å². The summed E-state index contributed by atoms with van der Waals surface area (Å²) in [6.07, 6.45) is 3.81. The summed E-state index contributed by atoms with van der Waals surface area (Å²) in [6, 6.07) is 5.01. The topological polar surface area (TPSA) is 95.2 Å². The molecule has 0 heterocycles. The van der Waals surface area contributed by atoms with Crippen LogP contribution in [0, 0.1) is 10.1 Å². The van der Waals surface area contributed by atoms with Crippen LogP contribution in [0.2, 0.25) is 0 Å². The highest BCUT2D eigenvalue weighted by atomic mass is 32.1. The van der Waals surface area contributed by atoms with Crippen molar-refractivity contribution >= 4 is 34.0 Å². The fourth-order valence-corrected chi connectivity index (χ4v) is 2.19. The molecule has 4 N–H and O–H groups in total. The Morgan fingerprint density at radius 2 is 1.89 bits per heavy atom. The van der Waals surface area contributed by atoms with Crippen LogP contribution < -0.4 is 11.5 Å². The van der Waals surface area contributed by atoms with E-state index in [0.29, 0.717) is 33.8 Å². The van der Waals surface area contributed by atoms with Crippen LogP contribution in [0.25, 0.3) is 5.57 Å². The maximum atomic E-state index is 11.1. The van der Waals surface area contributed by atoms with Crippen LogP contribution in [0.4, 0.5) is 11.4 Å². The van der Waals surface area contributed by atoms with Crippen LogP contribution in [0.1, 0.15) is 12.0 Å². The van der Waals surface area contributed by atoms with E-state index < -0.39 is 4.92 Å². The van der Waals surface area contributed by atoms with Gasteiger partial charge >= 0.3 is 0 Å². The molecular formula is C12H11N3O2S. The van der Waals surface area contributed by atoms with E-state index >= 15 is 0 Å². The Morgan fingerprint density at radius 1 is 1.28 bits per heavy atom. The minimum absolute atomic E-state index is 0.0860. The van der Waals surface area contributed by atoms with E-state index in [4.69, 9.17) is 23.7 Å². The van der Waals surface area contributed by atoms with E-state index in [9.17, 15) is 10.1 Å². The quantitative estimate of drug-likeness (QED) is 0.368. The molecular weight excluding hydrogens is 250 g/mol. The van der Waals surface area contributed by atoms with Gasteiger partial charge in [-0.2, -0.15) is 0 Å². The molecule has 0 aliphatic heterocycles. The second-order valence-corrected chi connectivity index (χ2v) is 4.35. The summed E-state index contributed by atoms with van der Waals surface area (Å²) < 4.78 is 0. The Kier molecular flexibility index (Phi) is 3.12. The van der Waals surface area contributed by atoms with Crippen LogP contribution in [-0.4, -0.2) is 9.79 Å². The van der Waals surface area contributed by atoms with Gasteiger partial charge < -0.3 is 11.5 Å². The third-order valence-electron chi connectivity index (χ3n) is 2.69. The van der Waals surface area contributed by atoms with Crippen molar-refractivity contribution in [2.24, 2.45) is 0 Å². The van der Waals surface area contributed by atoms with E-state index in [2.05, 4.69) is 0 Å². The van der Waals surface area contributed by atoms with Gasteiger partial charge in [-0.25, -0.2) is 0 Å². The normalized spacial score (nSPS) is 15.0. The van der Waals surface area contributed by atoms with Gasteiger partial charge in [0, 0.05) is 23.4 Å². The van der Waals surface area contributed by atoms with Gasteiger partial charge in [0.05, 0.1) is 15.4 Å². The summed E-state index contributed by atoms with van der Waals surface area (Å²) in [5, 5.41) is 11.1. The zero-order valence-corrected chi connectivity index (χ0v) is 10.2. The number of nitrogens with two attached hydrogens (primary N) is 2. The predicted octanol–water partition coefficient (Wildman–Crippen LogP) is 2.17. The maximum Gasteiger partial charge on any atom is 0.291 e. The lowest BCUT2D eigenvalue weighted by molar-refractivity contribution is -0.413. The highest BCUT2D eigenvalue weighted by Crippen LogP contribution is 2.34. The third-order valence-corrected chi connectivity index (χ3v) is 3.05. The second kappa shape index (κ2) is 4.58. The van der Waals surface area contributed by atoms with E-state index in [1.54, 1.807) is 30.4 Å². The first-order valence-electron chi connectivity index (χ1n) is 5.25. The smallest absolute Gasteiger partial charge is 0.291 e. The van der Waals surface area contributed by atoms with Gasteiger partial charge in [-0.1, -0.05) is 30.4 Å². The molecule has 1 aliphatic carbocycles. The molecule has 0 fully saturated rings. The molecule has 18 heavy (non-hydrogen) atoms. The molecule has 92 valence electrons. The van der Waals surface area contributed by atoms with Crippen molar-refractivity contribution in [1.29, 1.82) is 0 Å². The van der Waals surface area contributed by atoms with Gasteiger partial charge in [-0.15, -0.1) is 0 Å². The van der Waals surface area contributed by atoms with Crippen molar-refractivity contribution in [2.45, 2.75) is 6.42 Å². The first-order chi connectivity index (χ1) is 8.52. The van der Waals surface area contributed by atoms with Gasteiger partial charge in [0.25, 0.3) is 5.70 Å². The number of thiocarbonyl (C=S) groups is 1. The molecule has 0 atom stereocenters. The zero-order chi connectivity index (χ0) is 13.3. The average Bonchev–Trinajstić information content (AvgIpc) is 2.28. The first kappa shape index (κ1) is 12.3. The van der Waals surface area contributed by atoms with Gasteiger partial charge in [0.1, 0.15) is 0 Å². The number of nitrogen functional groups attached to an aromatic ring is 2. The molecule has 0 spiro atoms. The molecule has 0 amide bonds. The number of hydrogen-bond donors (Lipinski definition) is 2. The lowest BCUT2D eigenvalue weighted by Gasteiger charge is -2.14. The molecule has 1 aromatic carbocycles. The number of nitrogens with zero attached hydrogens (tertiary/aromatic N) is 1. The fraction of sp³-hybridized carbons (Fsp3) is 0.0833. The summed E-state index contributed by atoms with van der Waals surface area (Å²) in [5.74, 6) is 0. The Bertz CT molecular complexity index is 585. The molecule has 0 bridgehead atoms. The number of benzene rings is 1. The Labute approximate surface area is 109 Å². The molecule has 0 unspecified atom stereocenters. The summed E-state index contributed by atoms with van der Waals surface area (Å²) in [6.45, 7) is 0. The highest BCUT2D eigenvalue weighted by Gasteiger charge is 2.27. The van der Waals surface area contributed by atoms with Crippen LogP contribution >= 0.6 is 12.2 Å². The van der Waals surface area contributed by atoms with Crippen molar-refractivity contribution in [1.82, 2.24) is 0 Å². The highest BCUT2D eigenvalue weighted by molar-refractivity contribution is 7.80. The number of nitro groups is 1. The Hall–Kier alpha value is -2.21. The molecule has 1 aliphatic rings. The number of anilines is 2. The van der Waals surface area contributed by atoms with Gasteiger partial charge in [0.2, 0.25) is 0 Å². The van der Waals surface area contributed by atoms with E-state index in [0.717, 1.165) is 0 Å². The summed E-state index contributed by atoms with van der Waals surface area (Å²) in [7, 11) is 0. The molecule has 6 heteroatoms. The summed E-state index contributed by atoms with van der Waals surface area (Å²) >= 11 is 5.03. The SMILES string of the molecule is Nc1cccc(N)c1C1=C([N+](=O)[O-])C(=S)CC=C1. The van der Waals surface area contributed by atoms with Crippen LogP contribution in [-0.2, 0) is 0 Å². The first-order valence-corrected chi connectivity index (χ1v) is 5.66. The molecule has 5 nitrogen and oxygen atoms in total. The third kappa shape index (κ3) is 1.98. The van der Waals surface area contributed by atoms with Crippen molar-refractivity contribution in [3.05, 3.63) is 51.7 Å². The minimum Gasteiger partial charge on any atom is -0.398 e.